The number of amides is 3. The van der Waals surface area contributed by atoms with Gasteiger partial charge in [0.05, 0.1) is 0 Å². The summed E-state index contributed by atoms with van der Waals surface area (Å²) in [5.41, 5.74) is 9.38. The molecule has 3 amide bonds. The van der Waals surface area contributed by atoms with Gasteiger partial charge in [-0.2, -0.15) is 0 Å². The van der Waals surface area contributed by atoms with Crippen LogP contribution in [0.3, 0.4) is 0 Å². The Bertz CT molecular complexity index is 1600. The fourth-order valence-electron chi connectivity index (χ4n) is 5.13. The number of hydrogen-bond donors (Lipinski definition) is 2. The Labute approximate surface area is 247 Å². The van der Waals surface area contributed by atoms with Gasteiger partial charge >= 0.3 is 0 Å². The van der Waals surface area contributed by atoms with Crippen LogP contribution in [0.25, 0.3) is 16.3 Å². The predicted octanol–water partition coefficient (Wildman–Crippen LogP) is 4.83. The SMILES string of the molecule is C=C(c1ccc2ccccc2c1)[C@H](C(=O)N(C)[C@H](Cc1ccccc1)C(=O)NC)N(C)C(=O)c1cccc(C(C)N)c1. The minimum atomic E-state index is -1.08. The minimum Gasteiger partial charge on any atom is -0.357 e. The van der Waals surface area contributed by atoms with Gasteiger partial charge in [0.15, 0.2) is 0 Å². The quantitative estimate of drug-likeness (QED) is 0.290. The lowest BCUT2D eigenvalue weighted by molar-refractivity contribution is -0.140. The normalized spacial score (nSPS) is 13.1. The van der Waals surface area contributed by atoms with Crippen LogP contribution in [0, 0.1) is 0 Å². The molecule has 0 saturated carbocycles. The molecule has 0 bridgehead atoms. The summed E-state index contributed by atoms with van der Waals surface area (Å²) >= 11 is 0. The molecule has 7 heteroatoms. The molecule has 0 spiro atoms. The van der Waals surface area contributed by atoms with Crippen molar-refractivity contribution in [3.63, 3.8) is 0 Å². The number of carbonyl (C=O) groups excluding carboxylic acids is 3. The van der Waals surface area contributed by atoms with Crippen LogP contribution < -0.4 is 11.1 Å². The molecule has 3 atom stereocenters. The van der Waals surface area contributed by atoms with E-state index >= 15 is 0 Å². The first-order valence-electron chi connectivity index (χ1n) is 13.9. The molecular formula is C35H38N4O3. The van der Waals surface area contributed by atoms with Gasteiger partial charge in [-0.15, -0.1) is 0 Å². The molecule has 0 aliphatic rings. The summed E-state index contributed by atoms with van der Waals surface area (Å²) in [7, 11) is 4.74. The standard InChI is InChI=1S/C35H38N4O3/c1-23(27-19-18-26-14-9-10-15-29(26)21-27)32(39(5)34(41)30-17-11-16-28(22-30)24(2)36)35(42)38(4)31(33(40)37-3)20-25-12-7-6-8-13-25/h6-19,21-22,24,31-32H,1,20,36H2,2-5H3,(H,37,40)/t24?,31-,32-/m1/s1. The van der Waals surface area contributed by atoms with Gasteiger partial charge in [0.1, 0.15) is 12.1 Å². The summed E-state index contributed by atoms with van der Waals surface area (Å²) in [5, 5.41) is 4.73. The lowest BCUT2D eigenvalue weighted by Gasteiger charge is -2.35. The maximum absolute atomic E-state index is 14.4. The first kappa shape index (κ1) is 30.2. The molecule has 7 nitrogen and oxygen atoms in total. The zero-order chi connectivity index (χ0) is 30.4. The molecule has 4 rings (SSSR count). The van der Waals surface area contributed by atoms with Gasteiger partial charge in [-0.3, -0.25) is 14.4 Å². The van der Waals surface area contributed by atoms with Crippen molar-refractivity contribution in [3.05, 3.63) is 126 Å². The average molecular weight is 563 g/mol. The van der Waals surface area contributed by atoms with E-state index < -0.39 is 18.0 Å². The van der Waals surface area contributed by atoms with Crippen LogP contribution in [0.4, 0.5) is 0 Å². The highest BCUT2D eigenvalue weighted by atomic mass is 16.2. The monoisotopic (exact) mass is 562 g/mol. The van der Waals surface area contributed by atoms with Crippen molar-refractivity contribution in [2.24, 2.45) is 5.73 Å². The average Bonchev–Trinajstić information content (AvgIpc) is 3.02. The second kappa shape index (κ2) is 13.3. The number of hydrogen-bond acceptors (Lipinski definition) is 4. The molecule has 0 aromatic heterocycles. The molecule has 216 valence electrons. The molecule has 0 radical (unpaired) electrons. The van der Waals surface area contributed by atoms with E-state index in [0.29, 0.717) is 17.6 Å². The van der Waals surface area contributed by atoms with E-state index in [1.165, 1.54) is 9.80 Å². The molecule has 0 saturated heterocycles. The van der Waals surface area contributed by atoms with E-state index in [0.717, 1.165) is 27.5 Å². The maximum Gasteiger partial charge on any atom is 0.254 e. The molecule has 4 aromatic carbocycles. The molecule has 0 heterocycles. The van der Waals surface area contributed by atoms with E-state index in [4.69, 9.17) is 5.73 Å². The third-order valence-electron chi connectivity index (χ3n) is 7.69. The Hall–Kier alpha value is -4.75. The Kier molecular flexibility index (Phi) is 9.55. The van der Waals surface area contributed by atoms with E-state index in [9.17, 15) is 14.4 Å². The highest BCUT2D eigenvalue weighted by Gasteiger charge is 2.37. The number of nitrogens with zero attached hydrogens (tertiary/aromatic N) is 2. The number of fused-ring (bicyclic) bond motifs is 1. The summed E-state index contributed by atoms with van der Waals surface area (Å²) in [4.78, 5) is 44.2. The Balaban J connectivity index is 1.75. The number of carbonyl (C=O) groups is 3. The third kappa shape index (κ3) is 6.58. The van der Waals surface area contributed by atoms with Gasteiger partial charge in [0.25, 0.3) is 5.91 Å². The van der Waals surface area contributed by atoms with Crippen molar-refractivity contribution in [3.8, 4) is 0 Å². The van der Waals surface area contributed by atoms with Crippen molar-refractivity contribution in [1.82, 2.24) is 15.1 Å². The smallest absolute Gasteiger partial charge is 0.254 e. The Morgan fingerprint density at radius 2 is 1.48 bits per heavy atom. The van der Waals surface area contributed by atoms with Crippen molar-refractivity contribution in [2.45, 2.75) is 31.5 Å². The largest absolute Gasteiger partial charge is 0.357 e. The van der Waals surface area contributed by atoms with Crippen molar-refractivity contribution in [2.75, 3.05) is 21.1 Å². The number of nitrogens with one attached hydrogen (secondary N) is 1. The predicted molar refractivity (Wildman–Crippen MR) is 169 cm³/mol. The second-order valence-corrected chi connectivity index (χ2v) is 10.6. The number of likely N-dealkylation sites (N-methyl/N-ethyl adjacent to an activating group) is 3. The summed E-state index contributed by atoms with van der Waals surface area (Å²) in [6.07, 6.45) is 0.312. The van der Waals surface area contributed by atoms with Crippen LogP contribution in [0.2, 0.25) is 0 Å². The van der Waals surface area contributed by atoms with Crippen molar-refractivity contribution >= 4 is 34.1 Å². The summed E-state index contributed by atoms with van der Waals surface area (Å²) in [6.45, 7) is 6.17. The van der Waals surface area contributed by atoms with E-state index in [2.05, 4.69) is 11.9 Å². The van der Waals surface area contributed by atoms with Crippen LogP contribution >= 0.6 is 0 Å². The van der Waals surface area contributed by atoms with Crippen LogP contribution in [-0.4, -0.2) is 60.7 Å². The molecule has 0 fully saturated rings. The van der Waals surface area contributed by atoms with Gasteiger partial charge in [0.2, 0.25) is 11.8 Å². The summed E-state index contributed by atoms with van der Waals surface area (Å²) in [6, 6.07) is 28.2. The van der Waals surface area contributed by atoms with Gasteiger partial charge < -0.3 is 20.9 Å². The van der Waals surface area contributed by atoms with Crippen LogP contribution in [-0.2, 0) is 16.0 Å². The Morgan fingerprint density at radius 1 is 0.810 bits per heavy atom. The highest BCUT2D eigenvalue weighted by Crippen LogP contribution is 2.27. The molecule has 0 aliphatic heterocycles. The highest BCUT2D eigenvalue weighted by molar-refractivity contribution is 6.04. The second-order valence-electron chi connectivity index (χ2n) is 10.6. The van der Waals surface area contributed by atoms with E-state index in [-0.39, 0.29) is 17.9 Å². The van der Waals surface area contributed by atoms with Crippen LogP contribution in [0.5, 0.6) is 0 Å². The van der Waals surface area contributed by atoms with Crippen LogP contribution in [0.15, 0.2) is 104 Å². The fourth-order valence-corrected chi connectivity index (χ4v) is 5.13. The van der Waals surface area contributed by atoms with E-state index in [1.807, 2.05) is 85.8 Å². The van der Waals surface area contributed by atoms with Gasteiger partial charge in [-0.05, 0) is 58.2 Å². The molecule has 42 heavy (non-hydrogen) atoms. The van der Waals surface area contributed by atoms with E-state index in [1.54, 1.807) is 39.3 Å². The molecule has 0 aliphatic carbocycles. The zero-order valence-corrected chi connectivity index (χ0v) is 24.6. The topological polar surface area (TPSA) is 95.7 Å². The van der Waals surface area contributed by atoms with Crippen LogP contribution in [0.1, 0.15) is 40.0 Å². The number of rotatable bonds is 10. The minimum absolute atomic E-state index is 0.259. The summed E-state index contributed by atoms with van der Waals surface area (Å²) in [5.74, 6) is -1.08. The lowest BCUT2D eigenvalue weighted by atomic mass is 9.94. The summed E-state index contributed by atoms with van der Waals surface area (Å²) < 4.78 is 0. The molecule has 3 N–H and O–H groups in total. The number of nitrogens with two attached hydrogens (primary N) is 1. The first-order valence-corrected chi connectivity index (χ1v) is 13.9. The maximum atomic E-state index is 14.4. The molecular weight excluding hydrogens is 524 g/mol. The van der Waals surface area contributed by atoms with Gasteiger partial charge in [0, 0.05) is 39.2 Å². The molecule has 1 unspecified atom stereocenters. The Morgan fingerprint density at radius 3 is 2.14 bits per heavy atom. The molecule has 4 aromatic rings. The fraction of sp³-hybridized carbons (Fsp3) is 0.229. The van der Waals surface area contributed by atoms with Crippen molar-refractivity contribution < 1.29 is 14.4 Å². The number of benzene rings is 4. The van der Waals surface area contributed by atoms with Gasteiger partial charge in [-0.25, -0.2) is 0 Å². The van der Waals surface area contributed by atoms with Crippen molar-refractivity contribution in [1.29, 1.82) is 0 Å². The zero-order valence-electron chi connectivity index (χ0n) is 24.6. The third-order valence-corrected chi connectivity index (χ3v) is 7.69. The first-order chi connectivity index (χ1) is 20.1. The lowest BCUT2D eigenvalue weighted by Crippen LogP contribution is -2.55. The van der Waals surface area contributed by atoms with Gasteiger partial charge in [-0.1, -0.05) is 85.4 Å².